The van der Waals surface area contributed by atoms with Crippen molar-refractivity contribution >= 4 is 23.9 Å². The van der Waals surface area contributed by atoms with Crippen molar-refractivity contribution in [2.75, 3.05) is 52.9 Å². The number of fused-ring (bicyclic) bond motifs is 8. The molecule has 80 heavy (non-hydrogen) atoms. The van der Waals surface area contributed by atoms with Crippen LogP contribution in [0.25, 0.3) is 0 Å². The largest absolute Gasteiger partial charge is 0.481 e. The molecule has 4 aromatic carbocycles. The Hall–Kier alpha value is -6.04. The molecule has 12 heteroatoms. The Kier molecular flexibility index (Phi) is 23.6. The van der Waals surface area contributed by atoms with E-state index in [4.69, 9.17) is 37.9 Å². The fourth-order valence-electron chi connectivity index (χ4n) is 10.2. The van der Waals surface area contributed by atoms with Crippen LogP contribution in [-0.4, -0.2) is 76.7 Å². The van der Waals surface area contributed by atoms with Crippen LogP contribution >= 0.6 is 0 Å². The van der Waals surface area contributed by atoms with Gasteiger partial charge in [-0.25, -0.2) is 19.2 Å². The Labute approximate surface area is 479 Å². The van der Waals surface area contributed by atoms with Gasteiger partial charge in [0.25, 0.3) is 0 Å². The fourth-order valence-corrected chi connectivity index (χ4v) is 10.2. The number of carbonyl (C=O) groups excluding carboxylic acids is 4. The average Bonchev–Trinajstić information content (AvgIpc) is 3.36. The number of hydrogen-bond donors (Lipinski definition) is 0. The lowest BCUT2D eigenvalue weighted by molar-refractivity contribution is -0.146. The summed E-state index contributed by atoms with van der Waals surface area (Å²) >= 11 is 0. The summed E-state index contributed by atoms with van der Waals surface area (Å²) in [4.78, 5) is 52.1. The topological polar surface area (TPSA) is 142 Å². The molecule has 0 fully saturated rings. The Morgan fingerprint density at radius 3 is 0.575 bits per heavy atom. The molecule has 0 spiro atoms. The highest BCUT2D eigenvalue weighted by Gasteiger charge is 2.27. The van der Waals surface area contributed by atoms with Gasteiger partial charge in [-0.15, -0.1) is 0 Å². The van der Waals surface area contributed by atoms with E-state index in [0.717, 1.165) is 66.8 Å². The Morgan fingerprint density at radius 1 is 0.300 bits per heavy atom. The maximum Gasteiger partial charge on any atom is 0.344 e. The molecule has 0 N–H and O–H groups in total. The van der Waals surface area contributed by atoms with E-state index >= 15 is 0 Å². The molecule has 8 bridgehead atoms. The molecule has 0 atom stereocenters. The lowest BCUT2D eigenvalue weighted by Crippen LogP contribution is -2.19. The second kappa shape index (κ2) is 29.1. The number of benzene rings is 4. The Balaban J connectivity index is 1.78. The first-order chi connectivity index (χ1) is 37.7. The number of aryl methyl sites for hydroxylation is 8. The quantitative estimate of drug-likeness (QED) is 0.0778. The summed E-state index contributed by atoms with van der Waals surface area (Å²) in [6.45, 7) is 33.8. The van der Waals surface area contributed by atoms with Gasteiger partial charge in [-0.05, 0) is 193 Å². The molecule has 4 aromatic rings. The minimum atomic E-state index is -0.434. The first kappa shape index (κ1) is 64.8. The van der Waals surface area contributed by atoms with E-state index < -0.39 is 23.9 Å². The van der Waals surface area contributed by atoms with E-state index in [1.165, 1.54) is 0 Å². The maximum absolute atomic E-state index is 13.0. The minimum absolute atomic E-state index is 0.206. The van der Waals surface area contributed by atoms with Crippen molar-refractivity contribution in [2.24, 2.45) is 0 Å². The summed E-state index contributed by atoms with van der Waals surface area (Å²) in [5.41, 5.74) is 11.8. The average molecular weight is 1110 g/mol. The number of ether oxygens (including phenoxy) is 8. The van der Waals surface area contributed by atoms with Crippen molar-refractivity contribution in [1.82, 2.24) is 0 Å². The highest BCUT2D eigenvalue weighted by Crippen LogP contribution is 2.40. The van der Waals surface area contributed by atoms with Gasteiger partial charge in [0.2, 0.25) is 0 Å². The van der Waals surface area contributed by atoms with E-state index in [0.29, 0.717) is 100 Å². The second-order valence-electron chi connectivity index (χ2n) is 25.3. The summed E-state index contributed by atoms with van der Waals surface area (Å²) in [6, 6.07) is 17.8. The SMILES string of the molecule is CCOC(=O)COc1c2cc(C(C)(C)C)cc1CCCc1cc(C(C)(C)C)cc(c1OCC(=O)OCC)CCCc1cc(C(C)(C)C)cc(c1OCC(=O)OCC)CCCc1cc(C(C)(C)C)cc(c1OCC(=O)OCC)CCC2. The molecule has 5 rings (SSSR count). The van der Waals surface area contributed by atoms with Crippen LogP contribution in [0.3, 0.4) is 0 Å². The molecular formula is C68H96O12. The first-order valence-electron chi connectivity index (χ1n) is 29.4. The number of esters is 4. The van der Waals surface area contributed by atoms with Gasteiger partial charge in [0.1, 0.15) is 23.0 Å². The molecule has 12 nitrogen and oxygen atoms in total. The van der Waals surface area contributed by atoms with Crippen LogP contribution in [0.5, 0.6) is 23.0 Å². The number of rotatable bonds is 16. The van der Waals surface area contributed by atoms with E-state index in [1.54, 1.807) is 27.7 Å². The molecule has 0 aliphatic heterocycles. The summed E-state index contributed by atoms with van der Waals surface area (Å²) in [7, 11) is 0. The normalized spacial score (nSPS) is 14.0. The molecule has 0 aromatic heterocycles. The third kappa shape index (κ3) is 19.0. The van der Waals surface area contributed by atoms with Crippen molar-refractivity contribution in [3.8, 4) is 23.0 Å². The van der Waals surface area contributed by atoms with E-state index in [9.17, 15) is 19.2 Å². The van der Waals surface area contributed by atoms with Crippen LogP contribution < -0.4 is 18.9 Å². The van der Waals surface area contributed by atoms with Crippen molar-refractivity contribution in [3.63, 3.8) is 0 Å². The maximum atomic E-state index is 13.0. The van der Waals surface area contributed by atoms with Gasteiger partial charge >= 0.3 is 23.9 Å². The Bertz CT molecular complexity index is 2260. The smallest absolute Gasteiger partial charge is 0.344 e. The lowest BCUT2D eigenvalue weighted by atomic mass is 9.81. The van der Waals surface area contributed by atoms with Gasteiger partial charge in [-0.3, -0.25) is 0 Å². The summed E-state index contributed by atoms with van der Waals surface area (Å²) in [5.74, 6) is 1.02. The molecule has 0 saturated heterocycles. The van der Waals surface area contributed by atoms with Crippen LogP contribution in [0.2, 0.25) is 0 Å². The fraction of sp³-hybridized carbons (Fsp3) is 0.588. The van der Waals surface area contributed by atoms with Gasteiger partial charge in [0.15, 0.2) is 26.4 Å². The van der Waals surface area contributed by atoms with Crippen LogP contribution in [0.1, 0.15) is 203 Å². The zero-order chi connectivity index (χ0) is 59.0. The van der Waals surface area contributed by atoms with Crippen LogP contribution in [0.15, 0.2) is 48.5 Å². The minimum Gasteiger partial charge on any atom is -0.481 e. The van der Waals surface area contributed by atoms with Crippen LogP contribution in [0, 0.1) is 0 Å². The second-order valence-corrected chi connectivity index (χ2v) is 25.3. The molecule has 0 amide bonds. The van der Waals surface area contributed by atoms with E-state index in [1.807, 2.05) is 0 Å². The van der Waals surface area contributed by atoms with Crippen molar-refractivity contribution in [2.45, 2.75) is 209 Å². The Morgan fingerprint density at radius 2 is 0.450 bits per heavy atom. The van der Waals surface area contributed by atoms with Gasteiger partial charge in [0, 0.05) is 0 Å². The molecule has 0 saturated carbocycles. The highest BCUT2D eigenvalue weighted by atomic mass is 16.6. The standard InChI is InChI=1S/C68H96O12/c1-17-73-57(69)41-77-61-45-25-21-27-47-35-54(66(8,9)10)37-49(62(47)78-42-58(70)74-18-2)29-23-31-51-39-56(68(14,15)16)40-52(64(51)80-44-60(72)76-20-4)32-24-30-50-38-55(67(11,12)13)36-48(63(50)79-43-59(71)75-19-3)28-22-26-46(61)34-53(33-45)65(5,6)7/h33-40H,17-32,41-44H2,1-16H3. The first-order valence-corrected chi connectivity index (χ1v) is 29.4. The predicted molar refractivity (Wildman–Crippen MR) is 317 cm³/mol. The van der Waals surface area contributed by atoms with Gasteiger partial charge in [0.05, 0.1) is 26.4 Å². The van der Waals surface area contributed by atoms with Gasteiger partial charge in [-0.2, -0.15) is 0 Å². The predicted octanol–water partition coefficient (Wildman–Crippen LogP) is 13.7. The zero-order valence-electron chi connectivity index (χ0n) is 51.7. The molecule has 1 aliphatic rings. The number of carbonyl (C=O) groups is 4. The van der Waals surface area contributed by atoms with E-state index in [-0.39, 0.29) is 74.5 Å². The summed E-state index contributed by atoms with van der Waals surface area (Å²) in [6.07, 6.45) is 7.87. The van der Waals surface area contributed by atoms with Crippen molar-refractivity contribution in [1.29, 1.82) is 0 Å². The zero-order valence-corrected chi connectivity index (χ0v) is 51.7. The van der Waals surface area contributed by atoms with Gasteiger partial charge in [-0.1, -0.05) is 132 Å². The molecule has 440 valence electrons. The van der Waals surface area contributed by atoms with Crippen LogP contribution in [0.4, 0.5) is 0 Å². The molecule has 0 radical (unpaired) electrons. The molecular weight excluding hydrogens is 1010 g/mol. The molecule has 1 aliphatic carbocycles. The molecule has 0 unspecified atom stereocenters. The third-order valence-corrected chi connectivity index (χ3v) is 14.6. The summed E-state index contributed by atoms with van der Waals surface area (Å²) in [5, 5.41) is 0. The van der Waals surface area contributed by atoms with Crippen LogP contribution in [-0.2, 0) is 111 Å². The monoisotopic (exact) mass is 1100 g/mol. The lowest BCUT2D eigenvalue weighted by Gasteiger charge is -2.26. The highest BCUT2D eigenvalue weighted by molar-refractivity contribution is 5.73. The third-order valence-electron chi connectivity index (χ3n) is 14.6. The van der Waals surface area contributed by atoms with Gasteiger partial charge < -0.3 is 37.9 Å². The molecule has 0 heterocycles. The van der Waals surface area contributed by atoms with E-state index in [2.05, 4.69) is 132 Å². The van der Waals surface area contributed by atoms with Crippen molar-refractivity contribution in [3.05, 3.63) is 115 Å². The number of hydrogen-bond acceptors (Lipinski definition) is 12. The summed E-state index contributed by atoms with van der Waals surface area (Å²) < 4.78 is 47.9. The van der Waals surface area contributed by atoms with Crippen molar-refractivity contribution < 1.29 is 57.1 Å².